The van der Waals surface area contributed by atoms with Crippen LogP contribution < -0.4 is 0 Å². The van der Waals surface area contributed by atoms with E-state index in [9.17, 15) is 9.90 Å². The van der Waals surface area contributed by atoms with Crippen molar-refractivity contribution in [1.82, 2.24) is 9.55 Å². The third-order valence-corrected chi connectivity index (χ3v) is 3.34. The summed E-state index contributed by atoms with van der Waals surface area (Å²) >= 11 is 0. The van der Waals surface area contributed by atoms with Gasteiger partial charge in [0, 0.05) is 5.69 Å². The molecule has 1 heterocycles. The molecule has 1 aromatic heterocycles. The molecule has 4 nitrogen and oxygen atoms in total. The van der Waals surface area contributed by atoms with Crippen LogP contribution in [0, 0.1) is 13.8 Å². The molecule has 0 aliphatic carbocycles. The van der Waals surface area contributed by atoms with Crippen LogP contribution in [0.15, 0.2) is 42.5 Å². The number of para-hydroxylation sites is 1. The van der Waals surface area contributed by atoms with Crippen molar-refractivity contribution in [2.45, 2.75) is 13.8 Å². The average molecular weight is 266 g/mol. The topological polar surface area (TPSA) is 55.1 Å². The van der Waals surface area contributed by atoms with Gasteiger partial charge in [-0.15, -0.1) is 0 Å². The lowest BCUT2D eigenvalue weighted by Crippen LogP contribution is -1.98. The quantitative estimate of drug-likeness (QED) is 0.774. The molecule has 0 amide bonds. The minimum absolute atomic E-state index is 0.233. The zero-order valence-corrected chi connectivity index (χ0v) is 11.3. The Kier molecular flexibility index (Phi) is 2.79. The van der Waals surface area contributed by atoms with Crippen LogP contribution in [0.2, 0.25) is 0 Å². The molecule has 0 atom stereocenters. The van der Waals surface area contributed by atoms with Crippen molar-refractivity contribution in [1.29, 1.82) is 0 Å². The number of carboxylic acids is 1. The number of fused-ring (bicyclic) bond motifs is 1. The number of aromatic carboxylic acids is 1. The molecule has 0 saturated heterocycles. The van der Waals surface area contributed by atoms with Crippen LogP contribution in [0.4, 0.5) is 0 Å². The summed E-state index contributed by atoms with van der Waals surface area (Å²) in [4.78, 5) is 15.7. The molecule has 0 fully saturated rings. The minimum atomic E-state index is -0.954. The van der Waals surface area contributed by atoms with Crippen molar-refractivity contribution >= 4 is 17.0 Å². The van der Waals surface area contributed by atoms with Gasteiger partial charge in [-0.3, -0.25) is 4.57 Å². The summed E-state index contributed by atoms with van der Waals surface area (Å²) in [5, 5.41) is 9.25. The first-order valence-corrected chi connectivity index (χ1v) is 6.36. The van der Waals surface area contributed by atoms with Gasteiger partial charge in [-0.25, -0.2) is 9.78 Å². The molecule has 100 valence electrons. The molecule has 3 rings (SSSR count). The second kappa shape index (κ2) is 4.49. The van der Waals surface area contributed by atoms with Crippen molar-refractivity contribution in [2.75, 3.05) is 0 Å². The van der Waals surface area contributed by atoms with E-state index in [1.807, 2.05) is 42.7 Å². The maximum atomic E-state index is 11.3. The number of carboxylic acid groups (broad SMARTS) is 1. The molecular weight excluding hydrogens is 252 g/mol. The molecule has 0 spiro atoms. The molecule has 0 radical (unpaired) electrons. The number of hydrogen-bond acceptors (Lipinski definition) is 2. The zero-order valence-electron chi connectivity index (χ0n) is 11.3. The summed E-state index contributed by atoms with van der Waals surface area (Å²) in [7, 11) is 0. The van der Waals surface area contributed by atoms with Gasteiger partial charge in [0.25, 0.3) is 0 Å². The molecule has 2 aromatic carbocycles. The standard InChI is InChI=1S/C16H14N2O2/c1-10-5-3-6-12(9-10)18-11(2)17-15-13(16(19)20)7-4-8-14(15)18/h3-9H,1-2H3,(H,19,20). The molecule has 1 N–H and O–H groups in total. The highest BCUT2D eigenvalue weighted by Crippen LogP contribution is 2.24. The van der Waals surface area contributed by atoms with E-state index in [4.69, 9.17) is 0 Å². The Bertz CT molecular complexity index is 818. The molecule has 4 heteroatoms. The predicted molar refractivity (Wildman–Crippen MR) is 77.5 cm³/mol. The smallest absolute Gasteiger partial charge is 0.337 e. The van der Waals surface area contributed by atoms with Gasteiger partial charge < -0.3 is 5.11 Å². The van der Waals surface area contributed by atoms with Crippen LogP contribution >= 0.6 is 0 Å². The molecule has 20 heavy (non-hydrogen) atoms. The summed E-state index contributed by atoms with van der Waals surface area (Å²) in [6.45, 7) is 3.91. The van der Waals surface area contributed by atoms with Gasteiger partial charge in [0.05, 0.1) is 11.1 Å². The lowest BCUT2D eigenvalue weighted by atomic mass is 10.1. The molecule has 0 saturated carbocycles. The highest BCUT2D eigenvalue weighted by Gasteiger charge is 2.15. The largest absolute Gasteiger partial charge is 0.478 e. The monoisotopic (exact) mass is 266 g/mol. The third-order valence-electron chi connectivity index (χ3n) is 3.34. The fraction of sp³-hybridized carbons (Fsp3) is 0.125. The van der Waals surface area contributed by atoms with E-state index in [2.05, 4.69) is 11.1 Å². The third kappa shape index (κ3) is 1.86. The SMILES string of the molecule is Cc1cccc(-n2c(C)nc3c(C(=O)O)cccc32)c1. The second-order valence-electron chi connectivity index (χ2n) is 4.81. The Balaban J connectivity index is 2.35. The average Bonchev–Trinajstić information content (AvgIpc) is 2.74. The molecule has 0 aliphatic heterocycles. The number of hydrogen-bond donors (Lipinski definition) is 1. The van der Waals surface area contributed by atoms with Crippen molar-refractivity contribution in [3.63, 3.8) is 0 Å². The Hall–Kier alpha value is -2.62. The summed E-state index contributed by atoms with van der Waals surface area (Å²) in [5.74, 6) is -0.177. The number of imidazole rings is 1. The second-order valence-corrected chi connectivity index (χ2v) is 4.81. The van der Waals surface area contributed by atoms with Crippen molar-refractivity contribution < 1.29 is 9.90 Å². The van der Waals surface area contributed by atoms with Crippen LogP contribution in [0.25, 0.3) is 16.7 Å². The molecule has 0 bridgehead atoms. The van der Waals surface area contributed by atoms with Crippen molar-refractivity contribution in [2.24, 2.45) is 0 Å². The number of aromatic nitrogens is 2. The zero-order chi connectivity index (χ0) is 14.3. The van der Waals surface area contributed by atoms with Gasteiger partial charge in [0.2, 0.25) is 0 Å². The van der Waals surface area contributed by atoms with Crippen LogP contribution in [-0.2, 0) is 0 Å². The van der Waals surface area contributed by atoms with Crippen LogP contribution in [0.5, 0.6) is 0 Å². The van der Waals surface area contributed by atoms with E-state index in [1.165, 1.54) is 0 Å². The summed E-state index contributed by atoms with van der Waals surface area (Å²) in [6, 6.07) is 13.3. The Morgan fingerprint density at radius 1 is 1.15 bits per heavy atom. The van der Waals surface area contributed by atoms with Gasteiger partial charge >= 0.3 is 5.97 Å². The van der Waals surface area contributed by atoms with Crippen LogP contribution in [0.1, 0.15) is 21.7 Å². The van der Waals surface area contributed by atoms with Gasteiger partial charge in [-0.05, 0) is 43.7 Å². The maximum absolute atomic E-state index is 11.3. The van der Waals surface area contributed by atoms with E-state index in [1.54, 1.807) is 12.1 Å². The summed E-state index contributed by atoms with van der Waals surface area (Å²) in [6.07, 6.45) is 0. The maximum Gasteiger partial charge on any atom is 0.337 e. The van der Waals surface area contributed by atoms with E-state index in [0.29, 0.717) is 5.52 Å². The van der Waals surface area contributed by atoms with E-state index in [-0.39, 0.29) is 5.56 Å². The van der Waals surface area contributed by atoms with Gasteiger partial charge in [-0.2, -0.15) is 0 Å². The molecule has 3 aromatic rings. The van der Waals surface area contributed by atoms with Gasteiger partial charge in [-0.1, -0.05) is 18.2 Å². The molecular formula is C16H14N2O2. The number of rotatable bonds is 2. The first-order valence-electron chi connectivity index (χ1n) is 6.36. The lowest BCUT2D eigenvalue weighted by Gasteiger charge is -2.07. The Labute approximate surface area is 116 Å². The fourth-order valence-electron chi connectivity index (χ4n) is 2.48. The number of nitrogens with zero attached hydrogens (tertiary/aromatic N) is 2. The normalized spacial score (nSPS) is 10.9. The summed E-state index contributed by atoms with van der Waals surface area (Å²) < 4.78 is 1.98. The minimum Gasteiger partial charge on any atom is -0.478 e. The van der Waals surface area contributed by atoms with Gasteiger partial charge in [0.15, 0.2) is 0 Å². The van der Waals surface area contributed by atoms with E-state index >= 15 is 0 Å². The summed E-state index contributed by atoms with van der Waals surface area (Å²) in [5.41, 5.74) is 3.72. The van der Waals surface area contributed by atoms with E-state index in [0.717, 1.165) is 22.6 Å². The number of carbonyl (C=O) groups is 1. The Morgan fingerprint density at radius 2 is 1.90 bits per heavy atom. The first-order chi connectivity index (χ1) is 9.58. The highest BCUT2D eigenvalue weighted by atomic mass is 16.4. The highest BCUT2D eigenvalue weighted by molar-refractivity contribution is 6.01. The fourth-order valence-corrected chi connectivity index (χ4v) is 2.48. The lowest BCUT2D eigenvalue weighted by molar-refractivity contribution is 0.0699. The van der Waals surface area contributed by atoms with E-state index < -0.39 is 5.97 Å². The number of aryl methyl sites for hydroxylation is 2. The Morgan fingerprint density at radius 3 is 2.60 bits per heavy atom. The number of benzene rings is 2. The van der Waals surface area contributed by atoms with Crippen LogP contribution in [0.3, 0.4) is 0 Å². The molecule has 0 aliphatic rings. The van der Waals surface area contributed by atoms with Gasteiger partial charge in [0.1, 0.15) is 11.3 Å². The van der Waals surface area contributed by atoms with Crippen molar-refractivity contribution in [3.8, 4) is 5.69 Å². The van der Waals surface area contributed by atoms with Crippen molar-refractivity contribution in [3.05, 3.63) is 59.4 Å². The molecule has 0 unspecified atom stereocenters. The van der Waals surface area contributed by atoms with Crippen LogP contribution in [-0.4, -0.2) is 20.6 Å². The first kappa shape index (κ1) is 12.4. The predicted octanol–water partition coefficient (Wildman–Crippen LogP) is 3.34.